The number of carbonyl (C=O) groups is 1. The second-order valence-corrected chi connectivity index (χ2v) is 7.68. The molecule has 0 aliphatic carbocycles. The molecule has 1 aliphatic heterocycles. The minimum absolute atomic E-state index is 0.163. The molecule has 1 unspecified atom stereocenters. The molecule has 7 nitrogen and oxygen atoms in total. The Morgan fingerprint density at radius 3 is 2.74 bits per heavy atom. The van der Waals surface area contributed by atoms with Crippen LogP contribution in [0.1, 0.15) is 42.3 Å². The van der Waals surface area contributed by atoms with Gasteiger partial charge in [0.25, 0.3) is 0 Å². The number of benzene rings is 2. The number of hydrogen-bond donors (Lipinski definition) is 1. The third-order valence-corrected chi connectivity index (χ3v) is 5.53. The Labute approximate surface area is 179 Å². The van der Waals surface area contributed by atoms with Gasteiger partial charge < -0.3 is 10.1 Å². The Morgan fingerprint density at radius 1 is 1.19 bits per heavy atom. The SMILES string of the molecule is COc1ccc(CNC(=O)C2CCCCc3nn(Cc4cccc(F)c4)c(=O)n32)cc1. The summed E-state index contributed by atoms with van der Waals surface area (Å²) >= 11 is 0. The van der Waals surface area contributed by atoms with Crippen molar-refractivity contribution in [3.63, 3.8) is 0 Å². The van der Waals surface area contributed by atoms with Crippen molar-refractivity contribution in [1.29, 1.82) is 0 Å². The van der Waals surface area contributed by atoms with Crippen LogP contribution in [0.25, 0.3) is 0 Å². The van der Waals surface area contributed by atoms with Gasteiger partial charge >= 0.3 is 5.69 Å². The number of nitrogens with zero attached hydrogens (tertiary/aromatic N) is 3. The lowest BCUT2D eigenvalue weighted by molar-refractivity contribution is -0.124. The fourth-order valence-corrected chi connectivity index (χ4v) is 3.91. The van der Waals surface area contributed by atoms with Crippen LogP contribution in [-0.4, -0.2) is 27.4 Å². The topological polar surface area (TPSA) is 78.2 Å². The first-order chi connectivity index (χ1) is 15.0. The summed E-state index contributed by atoms with van der Waals surface area (Å²) in [6, 6.07) is 12.9. The number of ether oxygens (including phenoxy) is 1. The fraction of sp³-hybridized carbons (Fsp3) is 0.348. The maximum atomic E-state index is 13.5. The van der Waals surface area contributed by atoms with Gasteiger partial charge in [-0.3, -0.25) is 9.36 Å². The van der Waals surface area contributed by atoms with E-state index in [1.54, 1.807) is 19.2 Å². The number of carbonyl (C=O) groups excluding carboxylic acids is 1. The summed E-state index contributed by atoms with van der Waals surface area (Å²) in [5.74, 6) is 0.790. The molecule has 31 heavy (non-hydrogen) atoms. The van der Waals surface area contributed by atoms with E-state index in [0.29, 0.717) is 30.8 Å². The number of fused-ring (bicyclic) bond motifs is 1. The van der Waals surface area contributed by atoms with E-state index < -0.39 is 6.04 Å². The number of halogens is 1. The van der Waals surface area contributed by atoms with Crippen molar-refractivity contribution in [2.24, 2.45) is 0 Å². The molecule has 1 aromatic heterocycles. The molecular formula is C23H25FN4O3. The Morgan fingerprint density at radius 2 is 2.00 bits per heavy atom. The second-order valence-electron chi connectivity index (χ2n) is 7.68. The quantitative estimate of drug-likeness (QED) is 0.660. The van der Waals surface area contributed by atoms with Crippen LogP contribution < -0.4 is 15.7 Å². The second kappa shape index (κ2) is 9.16. The van der Waals surface area contributed by atoms with Crippen molar-refractivity contribution in [2.75, 3.05) is 7.11 Å². The molecule has 0 spiro atoms. The van der Waals surface area contributed by atoms with Gasteiger partial charge in [-0.05, 0) is 48.2 Å². The zero-order chi connectivity index (χ0) is 21.8. The van der Waals surface area contributed by atoms with Crippen molar-refractivity contribution in [3.05, 3.63) is 81.8 Å². The molecule has 4 rings (SSSR count). The molecular weight excluding hydrogens is 399 g/mol. The molecule has 2 aromatic carbocycles. The van der Waals surface area contributed by atoms with Crippen LogP contribution in [-0.2, 0) is 24.3 Å². The Balaban J connectivity index is 1.53. The Hall–Kier alpha value is -3.42. The molecule has 3 aromatic rings. The first-order valence-corrected chi connectivity index (χ1v) is 10.4. The van der Waals surface area contributed by atoms with Crippen molar-refractivity contribution in [3.8, 4) is 5.75 Å². The van der Waals surface area contributed by atoms with E-state index in [1.165, 1.54) is 21.4 Å². The zero-order valence-corrected chi connectivity index (χ0v) is 17.4. The van der Waals surface area contributed by atoms with E-state index in [9.17, 15) is 14.0 Å². The van der Waals surface area contributed by atoms with Gasteiger partial charge in [0, 0.05) is 13.0 Å². The number of rotatable bonds is 6. The van der Waals surface area contributed by atoms with Gasteiger partial charge in [-0.2, -0.15) is 5.10 Å². The van der Waals surface area contributed by atoms with Crippen molar-refractivity contribution in [2.45, 2.75) is 44.8 Å². The molecule has 1 atom stereocenters. The largest absolute Gasteiger partial charge is 0.497 e. The van der Waals surface area contributed by atoms with E-state index >= 15 is 0 Å². The van der Waals surface area contributed by atoms with Gasteiger partial charge in [-0.25, -0.2) is 13.9 Å². The molecule has 0 saturated heterocycles. The summed E-state index contributed by atoms with van der Waals surface area (Å²) in [5, 5.41) is 7.40. The lowest BCUT2D eigenvalue weighted by Crippen LogP contribution is -2.38. The van der Waals surface area contributed by atoms with Gasteiger partial charge in [0.15, 0.2) is 0 Å². The Kier molecular flexibility index (Phi) is 6.16. The van der Waals surface area contributed by atoms with E-state index in [2.05, 4.69) is 10.4 Å². The lowest BCUT2D eigenvalue weighted by Gasteiger charge is -2.16. The van der Waals surface area contributed by atoms with Crippen LogP contribution in [0.5, 0.6) is 5.75 Å². The molecule has 0 saturated carbocycles. The minimum Gasteiger partial charge on any atom is -0.497 e. The normalized spacial score (nSPS) is 15.7. The highest BCUT2D eigenvalue weighted by molar-refractivity contribution is 5.80. The maximum Gasteiger partial charge on any atom is 0.346 e. The number of methoxy groups -OCH3 is 1. The number of aryl methyl sites for hydroxylation is 1. The number of aromatic nitrogens is 3. The van der Waals surface area contributed by atoms with Gasteiger partial charge in [-0.1, -0.05) is 30.7 Å². The van der Waals surface area contributed by atoms with Crippen LogP contribution in [0.2, 0.25) is 0 Å². The molecule has 2 heterocycles. The van der Waals surface area contributed by atoms with E-state index in [1.807, 2.05) is 24.3 Å². The number of nitrogens with one attached hydrogen (secondary N) is 1. The van der Waals surface area contributed by atoms with E-state index in [4.69, 9.17) is 4.74 Å². The summed E-state index contributed by atoms with van der Waals surface area (Å²) in [5.41, 5.74) is 1.25. The maximum absolute atomic E-state index is 13.5. The third kappa shape index (κ3) is 4.68. The lowest BCUT2D eigenvalue weighted by atomic mass is 10.1. The predicted molar refractivity (Wildman–Crippen MR) is 113 cm³/mol. The van der Waals surface area contributed by atoms with Crippen LogP contribution >= 0.6 is 0 Å². The highest BCUT2D eigenvalue weighted by Crippen LogP contribution is 2.22. The van der Waals surface area contributed by atoms with Crippen LogP contribution in [0.4, 0.5) is 4.39 Å². The zero-order valence-electron chi connectivity index (χ0n) is 17.4. The molecule has 1 amide bonds. The van der Waals surface area contributed by atoms with Crippen molar-refractivity contribution in [1.82, 2.24) is 19.7 Å². The molecule has 0 radical (unpaired) electrons. The fourth-order valence-electron chi connectivity index (χ4n) is 3.91. The first-order valence-electron chi connectivity index (χ1n) is 10.4. The average Bonchev–Trinajstić information content (AvgIpc) is 2.94. The van der Waals surface area contributed by atoms with Gasteiger partial charge in [0.1, 0.15) is 23.4 Å². The highest BCUT2D eigenvalue weighted by atomic mass is 19.1. The highest BCUT2D eigenvalue weighted by Gasteiger charge is 2.29. The monoisotopic (exact) mass is 424 g/mol. The minimum atomic E-state index is -0.607. The van der Waals surface area contributed by atoms with Gasteiger partial charge in [0.05, 0.1) is 13.7 Å². The molecule has 1 aliphatic rings. The molecule has 1 N–H and O–H groups in total. The molecule has 0 bridgehead atoms. The summed E-state index contributed by atoms with van der Waals surface area (Å²) in [6.45, 7) is 0.525. The van der Waals surface area contributed by atoms with E-state index in [-0.39, 0.29) is 24.0 Å². The van der Waals surface area contributed by atoms with Crippen molar-refractivity contribution < 1.29 is 13.9 Å². The summed E-state index contributed by atoms with van der Waals surface area (Å²) < 4.78 is 21.5. The van der Waals surface area contributed by atoms with Crippen LogP contribution in [0.3, 0.4) is 0 Å². The third-order valence-electron chi connectivity index (χ3n) is 5.53. The summed E-state index contributed by atoms with van der Waals surface area (Å²) in [7, 11) is 1.60. The first kappa shape index (κ1) is 20.8. The van der Waals surface area contributed by atoms with Crippen molar-refractivity contribution >= 4 is 5.91 Å². The molecule has 8 heteroatoms. The molecule has 162 valence electrons. The molecule has 0 fully saturated rings. The average molecular weight is 424 g/mol. The summed E-state index contributed by atoms with van der Waals surface area (Å²) in [4.78, 5) is 26.1. The summed E-state index contributed by atoms with van der Waals surface area (Å²) in [6.07, 6.45) is 2.91. The van der Waals surface area contributed by atoms with Gasteiger partial charge in [0.2, 0.25) is 5.91 Å². The predicted octanol–water partition coefficient (Wildman–Crippen LogP) is 2.82. The van der Waals surface area contributed by atoms with Gasteiger partial charge in [-0.15, -0.1) is 0 Å². The van der Waals surface area contributed by atoms with E-state index in [0.717, 1.165) is 24.2 Å². The van der Waals surface area contributed by atoms with Crippen LogP contribution in [0.15, 0.2) is 53.3 Å². The number of amides is 1. The van der Waals surface area contributed by atoms with Crippen LogP contribution in [0, 0.1) is 5.82 Å². The standard InChI is InChI=1S/C23H25FN4O3/c1-31-19-11-9-16(10-12-19)14-25-22(29)20-7-2-3-8-21-26-27(23(30)28(20)21)15-17-5-4-6-18(24)13-17/h4-6,9-13,20H,2-3,7-8,14-15H2,1H3,(H,25,29). The smallest absolute Gasteiger partial charge is 0.346 e. The Bertz CT molecular complexity index is 1120. The number of hydrogen-bond acceptors (Lipinski definition) is 4.